The van der Waals surface area contributed by atoms with E-state index < -0.39 is 7.60 Å². The van der Waals surface area contributed by atoms with Gasteiger partial charge in [0.05, 0.1) is 6.16 Å². The van der Waals surface area contributed by atoms with Crippen molar-refractivity contribution in [2.45, 2.75) is 25.7 Å². The normalized spacial score (nSPS) is 13.2. The molecule has 0 fully saturated rings. The molecule has 4 nitrogen and oxygen atoms in total. The molecule has 1 rings (SSSR count). The van der Waals surface area contributed by atoms with E-state index >= 15 is 0 Å². The smallest absolute Gasteiger partial charge is 0.312 e. The first-order chi connectivity index (χ1) is 9.00. The Hall–Kier alpha value is -0.960. The van der Waals surface area contributed by atoms with Crippen LogP contribution in [0.3, 0.4) is 0 Å². The third-order valence-corrected chi connectivity index (χ3v) is 5.01. The van der Waals surface area contributed by atoms with Gasteiger partial charge in [0, 0.05) is 27.1 Å². The van der Waals surface area contributed by atoms with E-state index in [-0.39, 0.29) is 24.3 Å². The molecule has 0 bridgehead atoms. The van der Waals surface area contributed by atoms with E-state index in [1.807, 2.05) is 37.3 Å². The average molecular weight is 284 g/mol. The summed E-state index contributed by atoms with van der Waals surface area (Å²) in [5.41, 5.74) is 1.14. The highest BCUT2D eigenvalue weighted by Gasteiger charge is 2.22. The predicted octanol–water partition coefficient (Wildman–Crippen LogP) is 3.63. The molecule has 19 heavy (non-hydrogen) atoms. The molecule has 0 amide bonds. The second-order valence-corrected chi connectivity index (χ2v) is 6.90. The predicted molar refractivity (Wildman–Crippen MR) is 75.6 cm³/mol. The summed E-state index contributed by atoms with van der Waals surface area (Å²) >= 11 is 0. The molecule has 0 radical (unpaired) electrons. The van der Waals surface area contributed by atoms with Crippen LogP contribution in [0.4, 0.5) is 0 Å². The number of hydrogen-bond donors (Lipinski definition) is 0. The van der Waals surface area contributed by atoms with Gasteiger partial charge < -0.3 is 9.05 Å². The minimum absolute atomic E-state index is 0.0747. The second kappa shape index (κ2) is 7.59. The summed E-state index contributed by atoms with van der Waals surface area (Å²) in [7, 11) is -0.402. The van der Waals surface area contributed by atoms with Crippen molar-refractivity contribution in [1.29, 1.82) is 0 Å². The molecule has 0 aliphatic rings. The largest absolute Gasteiger partial charge is 0.330 e. The van der Waals surface area contributed by atoms with Gasteiger partial charge in [-0.15, -0.1) is 0 Å². The zero-order chi connectivity index (χ0) is 14.3. The van der Waals surface area contributed by atoms with Crippen molar-refractivity contribution < 1.29 is 18.4 Å². The Kier molecular flexibility index (Phi) is 6.43. The Labute approximate surface area is 114 Å². The van der Waals surface area contributed by atoms with E-state index in [1.54, 1.807) is 0 Å². The minimum atomic E-state index is -3.07. The first kappa shape index (κ1) is 16.1. The third-order valence-electron chi connectivity index (χ3n) is 3.12. The Morgan fingerprint density at radius 3 is 2.32 bits per heavy atom. The molecule has 1 aromatic rings. The van der Waals surface area contributed by atoms with E-state index in [0.717, 1.165) is 5.56 Å². The molecule has 0 heterocycles. The molecule has 0 saturated heterocycles. The molecular weight excluding hydrogens is 263 g/mol. The van der Waals surface area contributed by atoms with Crippen LogP contribution in [-0.2, 0) is 18.4 Å². The Bertz CT molecular complexity index is 436. The number of benzene rings is 1. The van der Waals surface area contributed by atoms with Crippen molar-refractivity contribution in [2.24, 2.45) is 0 Å². The van der Waals surface area contributed by atoms with Crippen LogP contribution in [0, 0.1) is 0 Å². The van der Waals surface area contributed by atoms with Crippen molar-refractivity contribution in [3.63, 3.8) is 0 Å². The van der Waals surface area contributed by atoms with Gasteiger partial charge in [0.25, 0.3) is 0 Å². The highest BCUT2D eigenvalue weighted by atomic mass is 31.2. The van der Waals surface area contributed by atoms with Gasteiger partial charge in [-0.25, -0.2) is 0 Å². The Balaban J connectivity index is 2.46. The SMILES string of the molecule is COP(=O)(CCC(=O)CC(C)c1ccccc1)OC. The van der Waals surface area contributed by atoms with Gasteiger partial charge in [-0.05, 0) is 11.5 Å². The van der Waals surface area contributed by atoms with E-state index in [2.05, 4.69) is 0 Å². The minimum Gasteiger partial charge on any atom is -0.312 e. The molecule has 106 valence electrons. The highest BCUT2D eigenvalue weighted by Crippen LogP contribution is 2.46. The summed E-state index contributed by atoms with van der Waals surface area (Å²) < 4.78 is 21.4. The van der Waals surface area contributed by atoms with Crippen molar-refractivity contribution >= 4 is 13.4 Å². The van der Waals surface area contributed by atoms with Crippen molar-refractivity contribution in [2.75, 3.05) is 20.4 Å². The summed E-state index contributed by atoms with van der Waals surface area (Å²) in [4.78, 5) is 11.9. The number of Topliss-reactive ketones (excluding diaryl/α,β-unsaturated/α-hetero) is 1. The number of carbonyl (C=O) groups excluding carboxylic acids is 1. The van der Waals surface area contributed by atoms with E-state index in [4.69, 9.17) is 9.05 Å². The van der Waals surface area contributed by atoms with Crippen LogP contribution in [0.1, 0.15) is 31.2 Å². The first-order valence-electron chi connectivity index (χ1n) is 6.28. The van der Waals surface area contributed by atoms with E-state index in [0.29, 0.717) is 6.42 Å². The van der Waals surface area contributed by atoms with Gasteiger partial charge in [-0.3, -0.25) is 9.36 Å². The standard InChI is InChI=1S/C14H21O4P/c1-12(13-7-5-4-6-8-13)11-14(15)9-10-19(16,17-2)18-3/h4-8,12H,9-11H2,1-3H3. The molecule has 0 saturated carbocycles. The van der Waals surface area contributed by atoms with Crippen molar-refractivity contribution in [1.82, 2.24) is 0 Å². The van der Waals surface area contributed by atoms with E-state index in [9.17, 15) is 9.36 Å². The maximum Gasteiger partial charge on any atom is 0.330 e. The maximum atomic E-state index is 11.9. The molecule has 1 unspecified atom stereocenters. The zero-order valence-electron chi connectivity index (χ0n) is 11.7. The molecule has 5 heteroatoms. The molecular formula is C14H21O4P. The first-order valence-corrected chi connectivity index (χ1v) is 8.00. The van der Waals surface area contributed by atoms with Gasteiger partial charge in [-0.1, -0.05) is 37.3 Å². The van der Waals surface area contributed by atoms with Crippen molar-refractivity contribution in [3.05, 3.63) is 35.9 Å². The van der Waals surface area contributed by atoms with Gasteiger partial charge >= 0.3 is 7.60 Å². The monoisotopic (exact) mass is 284 g/mol. The molecule has 0 aliphatic carbocycles. The lowest BCUT2D eigenvalue weighted by Gasteiger charge is -2.14. The second-order valence-electron chi connectivity index (χ2n) is 4.50. The van der Waals surface area contributed by atoms with Crippen LogP contribution in [0.25, 0.3) is 0 Å². The molecule has 0 spiro atoms. The van der Waals surface area contributed by atoms with Crippen LogP contribution in [0.5, 0.6) is 0 Å². The lowest BCUT2D eigenvalue weighted by molar-refractivity contribution is -0.119. The fourth-order valence-corrected chi connectivity index (χ4v) is 2.90. The molecule has 1 aromatic carbocycles. The molecule has 0 N–H and O–H groups in total. The summed E-state index contributed by atoms with van der Waals surface area (Å²) in [6, 6.07) is 9.88. The molecule has 0 aromatic heterocycles. The average Bonchev–Trinajstić information content (AvgIpc) is 2.45. The maximum absolute atomic E-state index is 11.9. The quantitative estimate of drug-likeness (QED) is 0.684. The molecule has 0 aliphatic heterocycles. The lowest BCUT2D eigenvalue weighted by atomic mass is 9.95. The number of carbonyl (C=O) groups is 1. The van der Waals surface area contributed by atoms with Crippen LogP contribution in [0.15, 0.2) is 30.3 Å². The van der Waals surface area contributed by atoms with Crippen LogP contribution in [-0.4, -0.2) is 26.2 Å². The Morgan fingerprint density at radius 2 is 1.79 bits per heavy atom. The van der Waals surface area contributed by atoms with E-state index in [1.165, 1.54) is 14.2 Å². The number of rotatable bonds is 8. The van der Waals surface area contributed by atoms with Crippen molar-refractivity contribution in [3.8, 4) is 0 Å². The van der Waals surface area contributed by atoms with Crippen LogP contribution >= 0.6 is 7.60 Å². The fraction of sp³-hybridized carbons (Fsp3) is 0.500. The number of ketones is 1. The molecule has 1 atom stereocenters. The van der Waals surface area contributed by atoms with Crippen LogP contribution < -0.4 is 0 Å². The zero-order valence-corrected chi connectivity index (χ0v) is 12.6. The van der Waals surface area contributed by atoms with Gasteiger partial charge in [0.15, 0.2) is 0 Å². The fourth-order valence-electron chi connectivity index (χ4n) is 1.86. The van der Waals surface area contributed by atoms with Crippen LogP contribution in [0.2, 0.25) is 0 Å². The summed E-state index contributed by atoms with van der Waals surface area (Å²) in [6.07, 6.45) is 0.800. The highest BCUT2D eigenvalue weighted by molar-refractivity contribution is 7.53. The topological polar surface area (TPSA) is 52.6 Å². The lowest BCUT2D eigenvalue weighted by Crippen LogP contribution is -2.07. The number of hydrogen-bond acceptors (Lipinski definition) is 4. The summed E-state index contributed by atoms with van der Waals surface area (Å²) in [6.45, 7) is 2.01. The summed E-state index contributed by atoms with van der Waals surface area (Å²) in [5.74, 6) is 0.240. The third kappa shape index (κ3) is 5.27. The van der Waals surface area contributed by atoms with Gasteiger partial charge in [0.2, 0.25) is 0 Å². The van der Waals surface area contributed by atoms with Gasteiger partial charge in [-0.2, -0.15) is 0 Å². The Morgan fingerprint density at radius 1 is 1.21 bits per heavy atom. The van der Waals surface area contributed by atoms with Gasteiger partial charge in [0.1, 0.15) is 5.78 Å². The summed E-state index contributed by atoms with van der Waals surface area (Å²) in [5, 5.41) is 0.